The molecule has 1 unspecified atom stereocenters. The molecule has 92 valence electrons. The number of hydrogen-bond donors (Lipinski definition) is 2. The molecule has 0 aliphatic carbocycles. The van der Waals surface area contributed by atoms with Crippen molar-refractivity contribution in [2.75, 3.05) is 24.3 Å². The Morgan fingerprint density at radius 1 is 1.59 bits per heavy atom. The van der Waals surface area contributed by atoms with Gasteiger partial charge >= 0.3 is 0 Å². The standard InChI is InChI=1S/C10H15N5OS/c1-7-6-15(2-3-17-7)10(16)8-4-13-9(14-11)5-12-8/h4-5,7H,2-3,6,11H2,1H3,(H,13,14). The normalized spacial score (nSPS) is 20.1. The van der Waals surface area contributed by atoms with Crippen LogP contribution < -0.4 is 11.3 Å². The minimum atomic E-state index is -0.0618. The zero-order valence-corrected chi connectivity index (χ0v) is 10.4. The molecule has 1 fully saturated rings. The summed E-state index contributed by atoms with van der Waals surface area (Å²) < 4.78 is 0. The Labute approximate surface area is 104 Å². The van der Waals surface area contributed by atoms with Crippen LogP contribution in [0.5, 0.6) is 0 Å². The summed E-state index contributed by atoms with van der Waals surface area (Å²) in [5.41, 5.74) is 2.74. The van der Waals surface area contributed by atoms with Gasteiger partial charge < -0.3 is 10.3 Å². The maximum Gasteiger partial charge on any atom is 0.274 e. The van der Waals surface area contributed by atoms with E-state index in [0.29, 0.717) is 16.8 Å². The van der Waals surface area contributed by atoms with Crippen molar-refractivity contribution in [2.24, 2.45) is 5.84 Å². The van der Waals surface area contributed by atoms with Gasteiger partial charge in [0.2, 0.25) is 0 Å². The minimum Gasteiger partial charge on any atom is -0.335 e. The molecule has 6 nitrogen and oxygen atoms in total. The summed E-state index contributed by atoms with van der Waals surface area (Å²) in [4.78, 5) is 22.0. The van der Waals surface area contributed by atoms with Crippen LogP contribution in [-0.4, -0.2) is 44.9 Å². The highest BCUT2D eigenvalue weighted by Crippen LogP contribution is 2.19. The van der Waals surface area contributed by atoms with Crippen LogP contribution in [0.1, 0.15) is 17.4 Å². The first-order valence-electron chi connectivity index (χ1n) is 5.40. The molecule has 1 saturated heterocycles. The van der Waals surface area contributed by atoms with Crippen LogP contribution in [0.2, 0.25) is 0 Å². The zero-order chi connectivity index (χ0) is 12.3. The fraction of sp³-hybridized carbons (Fsp3) is 0.500. The highest BCUT2D eigenvalue weighted by molar-refractivity contribution is 7.99. The lowest BCUT2D eigenvalue weighted by atomic mass is 10.3. The summed E-state index contributed by atoms with van der Waals surface area (Å²) in [6.45, 7) is 3.66. The maximum atomic E-state index is 12.1. The molecular formula is C10H15N5OS. The smallest absolute Gasteiger partial charge is 0.274 e. The molecule has 1 aromatic heterocycles. The third-order valence-corrected chi connectivity index (χ3v) is 3.68. The summed E-state index contributed by atoms with van der Waals surface area (Å²) in [7, 11) is 0. The second-order valence-corrected chi connectivity index (χ2v) is 5.41. The van der Waals surface area contributed by atoms with Gasteiger partial charge in [-0.2, -0.15) is 11.8 Å². The van der Waals surface area contributed by atoms with Crippen LogP contribution in [-0.2, 0) is 0 Å². The monoisotopic (exact) mass is 253 g/mol. The number of amides is 1. The molecule has 1 atom stereocenters. The van der Waals surface area contributed by atoms with E-state index < -0.39 is 0 Å². The fourth-order valence-electron chi connectivity index (χ4n) is 1.68. The highest BCUT2D eigenvalue weighted by atomic mass is 32.2. The molecule has 7 heteroatoms. The van der Waals surface area contributed by atoms with E-state index >= 15 is 0 Å². The number of aromatic nitrogens is 2. The van der Waals surface area contributed by atoms with Crippen LogP contribution in [0.3, 0.4) is 0 Å². The van der Waals surface area contributed by atoms with Crippen molar-refractivity contribution in [3.05, 3.63) is 18.1 Å². The van der Waals surface area contributed by atoms with Gasteiger partial charge in [0, 0.05) is 24.1 Å². The van der Waals surface area contributed by atoms with E-state index in [1.807, 2.05) is 16.7 Å². The summed E-state index contributed by atoms with van der Waals surface area (Å²) in [5.74, 6) is 6.55. The topological polar surface area (TPSA) is 84.1 Å². The number of nitrogens with zero attached hydrogens (tertiary/aromatic N) is 3. The average molecular weight is 253 g/mol. The second kappa shape index (κ2) is 5.33. The minimum absolute atomic E-state index is 0.0618. The van der Waals surface area contributed by atoms with E-state index in [9.17, 15) is 4.79 Å². The number of anilines is 1. The number of nitrogens with one attached hydrogen (secondary N) is 1. The lowest BCUT2D eigenvalue weighted by Crippen LogP contribution is -2.41. The van der Waals surface area contributed by atoms with Crippen LogP contribution in [0.4, 0.5) is 5.82 Å². The van der Waals surface area contributed by atoms with Gasteiger partial charge in [-0.3, -0.25) is 4.79 Å². The van der Waals surface area contributed by atoms with Crippen molar-refractivity contribution in [3.63, 3.8) is 0 Å². The van der Waals surface area contributed by atoms with E-state index in [1.54, 1.807) is 0 Å². The Morgan fingerprint density at radius 3 is 3.00 bits per heavy atom. The Morgan fingerprint density at radius 2 is 2.41 bits per heavy atom. The van der Waals surface area contributed by atoms with E-state index in [1.165, 1.54) is 12.4 Å². The Kier molecular flexibility index (Phi) is 3.80. The zero-order valence-electron chi connectivity index (χ0n) is 9.59. The number of nitrogen functional groups attached to an aromatic ring is 1. The first-order valence-corrected chi connectivity index (χ1v) is 6.45. The van der Waals surface area contributed by atoms with Crippen LogP contribution in [0, 0.1) is 0 Å². The van der Waals surface area contributed by atoms with Crippen LogP contribution in [0.15, 0.2) is 12.4 Å². The van der Waals surface area contributed by atoms with Crippen molar-refractivity contribution in [2.45, 2.75) is 12.2 Å². The first-order chi connectivity index (χ1) is 8.20. The molecule has 0 bridgehead atoms. The van der Waals surface area contributed by atoms with Gasteiger partial charge in [0.15, 0.2) is 5.82 Å². The third kappa shape index (κ3) is 2.86. The molecule has 1 amide bonds. The van der Waals surface area contributed by atoms with Crippen molar-refractivity contribution < 1.29 is 4.79 Å². The molecule has 1 aromatic rings. The lowest BCUT2D eigenvalue weighted by Gasteiger charge is -2.30. The quantitative estimate of drug-likeness (QED) is 0.584. The lowest BCUT2D eigenvalue weighted by molar-refractivity contribution is 0.0757. The van der Waals surface area contributed by atoms with Crippen molar-refractivity contribution in [1.82, 2.24) is 14.9 Å². The molecular weight excluding hydrogens is 238 g/mol. The molecule has 3 N–H and O–H groups in total. The van der Waals surface area contributed by atoms with E-state index in [-0.39, 0.29) is 5.91 Å². The van der Waals surface area contributed by atoms with Crippen molar-refractivity contribution in [1.29, 1.82) is 0 Å². The molecule has 0 saturated carbocycles. The number of hydrazine groups is 1. The van der Waals surface area contributed by atoms with Crippen molar-refractivity contribution >= 4 is 23.5 Å². The number of carbonyl (C=O) groups is 1. The van der Waals surface area contributed by atoms with Crippen LogP contribution in [0.25, 0.3) is 0 Å². The van der Waals surface area contributed by atoms with Gasteiger partial charge in [0.25, 0.3) is 5.91 Å². The highest BCUT2D eigenvalue weighted by Gasteiger charge is 2.23. The Bertz CT molecular complexity index is 396. The van der Waals surface area contributed by atoms with Gasteiger partial charge in [-0.1, -0.05) is 6.92 Å². The molecule has 0 aromatic carbocycles. The van der Waals surface area contributed by atoms with Gasteiger partial charge in [0.1, 0.15) is 5.69 Å². The van der Waals surface area contributed by atoms with Crippen LogP contribution >= 0.6 is 11.8 Å². The van der Waals surface area contributed by atoms with Gasteiger partial charge in [-0.05, 0) is 0 Å². The number of nitrogens with two attached hydrogens (primary N) is 1. The van der Waals surface area contributed by atoms with E-state index in [0.717, 1.165) is 18.8 Å². The number of thioether (sulfide) groups is 1. The summed E-state index contributed by atoms with van der Waals surface area (Å²) >= 11 is 1.88. The fourth-order valence-corrected chi connectivity index (χ4v) is 2.69. The van der Waals surface area contributed by atoms with E-state index in [2.05, 4.69) is 22.3 Å². The summed E-state index contributed by atoms with van der Waals surface area (Å²) in [6, 6.07) is 0. The predicted molar refractivity (Wildman–Crippen MR) is 67.7 cm³/mol. The molecule has 2 rings (SSSR count). The van der Waals surface area contributed by atoms with Crippen molar-refractivity contribution in [3.8, 4) is 0 Å². The summed E-state index contributed by atoms with van der Waals surface area (Å²) in [5, 5.41) is 0.477. The number of carbonyl (C=O) groups excluding carboxylic acids is 1. The number of rotatable bonds is 2. The van der Waals surface area contributed by atoms with Gasteiger partial charge in [-0.25, -0.2) is 15.8 Å². The Hall–Kier alpha value is -1.34. The van der Waals surface area contributed by atoms with Gasteiger partial charge in [0.05, 0.1) is 12.4 Å². The largest absolute Gasteiger partial charge is 0.335 e. The van der Waals surface area contributed by atoms with Gasteiger partial charge in [-0.15, -0.1) is 0 Å². The Balaban J connectivity index is 2.07. The summed E-state index contributed by atoms with van der Waals surface area (Å²) in [6.07, 6.45) is 2.90. The molecule has 0 radical (unpaired) electrons. The SMILES string of the molecule is CC1CN(C(=O)c2cnc(NN)cn2)CCS1. The molecule has 2 heterocycles. The third-order valence-electron chi connectivity index (χ3n) is 2.55. The van der Waals surface area contributed by atoms with E-state index in [4.69, 9.17) is 5.84 Å². The number of hydrogen-bond acceptors (Lipinski definition) is 6. The maximum absolute atomic E-state index is 12.1. The molecule has 17 heavy (non-hydrogen) atoms. The second-order valence-electron chi connectivity index (χ2n) is 3.86. The molecule has 1 aliphatic heterocycles. The first kappa shape index (κ1) is 12.1. The predicted octanol–water partition coefficient (Wildman–Crippen LogP) is 0.340. The average Bonchev–Trinajstić information content (AvgIpc) is 2.38. The molecule has 1 aliphatic rings. The molecule has 0 spiro atoms.